The van der Waals surface area contributed by atoms with Crippen molar-refractivity contribution in [3.8, 4) is 6.07 Å². The Morgan fingerprint density at radius 3 is 2.47 bits per heavy atom. The number of nitriles is 1. The third-order valence-electron chi connectivity index (χ3n) is 2.23. The van der Waals surface area contributed by atoms with Gasteiger partial charge in [0, 0.05) is 0 Å². The van der Waals surface area contributed by atoms with Crippen LogP contribution in [0.25, 0.3) is 4.85 Å². The first-order chi connectivity index (χ1) is 6.94. The molecule has 0 aliphatic rings. The Morgan fingerprint density at radius 2 is 2.20 bits per heavy atom. The second-order valence-corrected chi connectivity index (χ2v) is 3.14. The topological polar surface area (TPSA) is 71.5 Å². The van der Waals surface area contributed by atoms with E-state index in [4.69, 9.17) is 16.6 Å². The summed E-state index contributed by atoms with van der Waals surface area (Å²) in [6, 6.07) is 0.298. The Balaban J connectivity index is 5.27. The highest BCUT2D eigenvalue weighted by Crippen LogP contribution is 2.27. The summed E-state index contributed by atoms with van der Waals surface area (Å²) in [5, 5.41) is 8.70. The molecule has 2 unspecified atom stereocenters. The highest BCUT2D eigenvalue weighted by Gasteiger charge is 2.52. The van der Waals surface area contributed by atoms with Gasteiger partial charge in [-0.2, -0.15) is 5.26 Å². The summed E-state index contributed by atoms with van der Waals surface area (Å²) < 4.78 is 4.70. The number of Topliss-reactive ketones (excluding diaryl/α,β-unsaturated/α-hetero) is 1. The van der Waals surface area contributed by atoms with E-state index in [-0.39, 0.29) is 6.61 Å². The van der Waals surface area contributed by atoms with E-state index in [1.807, 2.05) is 0 Å². The van der Waals surface area contributed by atoms with Crippen LogP contribution in [0.3, 0.4) is 0 Å². The SMILES string of the molecule is [C-]#[N+]C(C#N)C(C)(C(C)=O)C(=O)OCC. The van der Waals surface area contributed by atoms with E-state index in [1.165, 1.54) is 13.8 Å². The minimum Gasteiger partial charge on any atom is -0.465 e. The van der Waals surface area contributed by atoms with E-state index in [0.717, 1.165) is 0 Å². The number of ether oxygens (including phenoxy) is 1. The molecule has 0 saturated heterocycles. The fraction of sp³-hybridized carbons (Fsp3) is 0.600. The van der Waals surface area contributed by atoms with Gasteiger partial charge in [-0.05, 0) is 20.8 Å². The standard InChI is InChI=1S/C10H12N2O3/c1-5-15-9(14)10(3,7(2)13)8(6-11)12-4/h8H,5H2,1-3H3. The van der Waals surface area contributed by atoms with Crippen LogP contribution >= 0.6 is 0 Å². The molecule has 0 N–H and O–H groups in total. The Hall–Kier alpha value is -1.88. The molecule has 5 nitrogen and oxygen atoms in total. The first-order valence-electron chi connectivity index (χ1n) is 4.39. The van der Waals surface area contributed by atoms with Crippen LogP contribution in [0.15, 0.2) is 0 Å². The molecule has 5 heteroatoms. The van der Waals surface area contributed by atoms with Crippen molar-refractivity contribution >= 4 is 11.8 Å². The predicted molar refractivity (Wildman–Crippen MR) is 51.4 cm³/mol. The molecule has 2 atom stereocenters. The summed E-state index contributed by atoms with van der Waals surface area (Å²) in [5.41, 5.74) is -1.69. The smallest absolute Gasteiger partial charge is 0.329 e. The van der Waals surface area contributed by atoms with E-state index in [1.54, 1.807) is 13.0 Å². The number of hydrogen-bond acceptors (Lipinski definition) is 4. The number of nitrogens with zero attached hydrogens (tertiary/aromatic N) is 2. The zero-order valence-electron chi connectivity index (χ0n) is 8.90. The predicted octanol–water partition coefficient (Wildman–Crippen LogP) is 0.956. The van der Waals surface area contributed by atoms with E-state index in [0.29, 0.717) is 0 Å². The van der Waals surface area contributed by atoms with Gasteiger partial charge in [-0.3, -0.25) is 14.4 Å². The molecule has 80 valence electrons. The fourth-order valence-corrected chi connectivity index (χ4v) is 1.02. The molecule has 0 radical (unpaired) electrons. The van der Waals surface area contributed by atoms with Crippen LogP contribution in [0.4, 0.5) is 0 Å². The number of carbonyl (C=O) groups excluding carboxylic acids is 2. The molecular formula is C10H12N2O3. The summed E-state index contributed by atoms with van der Waals surface area (Å²) in [6.45, 7) is 10.9. The van der Waals surface area contributed by atoms with Crippen LogP contribution in [-0.2, 0) is 14.3 Å². The van der Waals surface area contributed by atoms with E-state index in [2.05, 4.69) is 4.85 Å². The van der Waals surface area contributed by atoms with Crippen LogP contribution in [0.2, 0.25) is 0 Å². The maximum absolute atomic E-state index is 11.5. The van der Waals surface area contributed by atoms with Crippen molar-refractivity contribution in [2.75, 3.05) is 6.61 Å². The fourth-order valence-electron chi connectivity index (χ4n) is 1.02. The minimum atomic E-state index is -1.69. The average Bonchev–Trinajstić information content (AvgIpc) is 2.19. The van der Waals surface area contributed by atoms with E-state index >= 15 is 0 Å². The minimum absolute atomic E-state index is 0.109. The van der Waals surface area contributed by atoms with Crippen molar-refractivity contribution in [2.24, 2.45) is 5.41 Å². The molecule has 0 aliphatic heterocycles. The van der Waals surface area contributed by atoms with Gasteiger partial charge >= 0.3 is 12.0 Å². The molecule has 0 fully saturated rings. The summed E-state index contributed by atoms with van der Waals surface area (Å²) >= 11 is 0. The second kappa shape index (κ2) is 5.11. The van der Waals surface area contributed by atoms with Gasteiger partial charge < -0.3 is 4.74 Å². The number of hydrogen-bond donors (Lipinski definition) is 0. The van der Waals surface area contributed by atoms with Gasteiger partial charge in [-0.1, -0.05) is 0 Å². The number of rotatable bonds is 4. The number of carbonyl (C=O) groups is 2. The Labute approximate surface area is 88.5 Å². The van der Waals surface area contributed by atoms with Crippen LogP contribution in [0, 0.1) is 23.3 Å². The molecule has 0 amide bonds. The monoisotopic (exact) mass is 208 g/mol. The molecule has 0 bridgehead atoms. The third-order valence-corrected chi connectivity index (χ3v) is 2.23. The second-order valence-electron chi connectivity index (χ2n) is 3.14. The van der Waals surface area contributed by atoms with Gasteiger partial charge in [-0.15, -0.1) is 0 Å². The lowest BCUT2D eigenvalue weighted by Gasteiger charge is -2.21. The first kappa shape index (κ1) is 13.1. The normalized spacial score (nSPS) is 15.3. The number of esters is 1. The lowest BCUT2D eigenvalue weighted by atomic mass is 9.79. The van der Waals surface area contributed by atoms with Crippen LogP contribution in [-0.4, -0.2) is 24.4 Å². The van der Waals surface area contributed by atoms with Gasteiger partial charge in [0.15, 0.2) is 11.9 Å². The molecule has 0 aliphatic carbocycles. The Kier molecular flexibility index (Phi) is 4.47. The summed E-state index contributed by atoms with van der Waals surface area (Å²) in [6.07, 6.45) is 0. The van der Waals surface area contributed by atoms with Crippen LogP contribution < -0.4 is 0 Å². The molecule has 15 heavy (non-hydrogen) atoms. The molecule has 0 spiro atoms. The molecular weight excluding hydrogens is 196 g/mol. The number of ketones is 1. The first-order valence-corrected chi connectivity index (χ1v) is 4.39. The van der Waals surface area contributed by atoms with Gasteiger partial charge in [0.25, 0.3) is 0 Å². The van der Waals surface area contributed by atoms with Gasteiger partial charge in [0.1, 0.15) is 0 Å². The Bertz CT molecular complexity index is 337. The van der Waals surface area contributed by atoms with Crippen LogP contribution in [0.1, 0.15) is 20.8 Å². The van der Waals surface area contributed by atoms with Crippen molar-refractivity contribution in [3.05, 3.63) is 11.4 Å². The zero-order chi connectivity index (χ0) is 12.1. The van der Waals surface area contributed by atoms with Crippen molar-refractivity contribution in [2.45, 2.75) is 26.8 Å². The van der Waals surface area contributed by atoms with E-state index < -0.39 is 23.2 Å². The average molecular weight is 208 g/mol. The highest BCUT2D eigenvalue weighted by atomic mass is 16.5. The largest absolute Gasteiger partial charge is 0.465 e. The lowest BCUT2D eigenvalue weighted by Crippen LogP contribution is -2.44. The molecule has 0 aromatic carbocycles. The zero-order valence-corrected chi connectivity index (χ0v) is 8.90. The van der Waals surface area contributed by atoms with Gasteiger partial charge in [-0.25, -0.2) is 6.57 Å². The highest BCUT2D eigenvalue weighted by molar-refractivity contribution is 6.03. The van der Waals surface area contributed by atoms with Gasteiger partial charge in [0.05, 0.1) is 6.61 Å². The molecule has 0 heterocycles. The van der Waals surface area contributed by atoms with E-state index in [9.17, 15) is 9.59 Å². The molecule has 0 aromatic heterocycles. The van der Waals surface area contributed by atoms with Gasteiger partial charge in [0.2, 0.25) is 5.41 Å². The Morgan fingerprint density at radius 1 is 1.67 bits per heavy atom. The maximum Gasteiger partial charge on any atom is 0.329 e. The molecule has 0 rings (SSSR count). The summed E-state index contributed by atoms with van der Waals surface area (Å²) in [7, 11) is 0. The molecule has 0 aromatic rings. The summed E-state index contributed by atoms with van der Waals surface area (Å²) in [4.78, 5) is 25.8. The maximum atomic E-state index is 11.5. The quantitative estimate of drug-likeness (QED) is 0.392. The summed E-state index contributed by atoms with van der Waals surface area (Å²) in [5.74, 6) is -1.36. The van der Waals surface area contributed by atoms with Crippen LogP contribution in [0.5, 0.6) is 0 Å². The molecule has 0 saturated carbocycles. The van der Waals surface area contributed by atoms with Crippen molar-refractivity contribution in [1.82, 2.24) is 0 Å². The van der Waals surface area contributed by atoms with Crippen molar-refractivity contribution < 1.29 is 14.3 Å². The van der Waals surface area contributed by atoms with Crippen molar-refractivity contribution in [1.29, 1.82) is 5.26 Å². The lowest BCUT2D eigenvalue weighted by molar-refractivity contribution is -0.158. The van der Waals surface area contributed by atoms with Crippen molar-refractivity contribution in [3.63, 3.8) is 0 Å². The third kappa shape index (κ3) is 2.32.